The first-order valence-electron chi connectivity index (χ1n) is 7.88. The highest BCUT2D eigenvalue weighted by atomic mass is 16.6. The van der Waals surface area contributed by atoms with Crippen LogP contribution in [0.15, 0.2) is 18.2 Å². The van der Waals surface area contributed by atoms with E-state index >= 15 is 0 Å². The molecule has 2 N–H and O–H groups in total. The summed E-state index contributed by atoms with van der Waals surface area (Å²) in [4.78, 5) is 46.1. The minimum atomic E-state index is -1.17. The fraction of sp³-hybridized carbons (Fsp3) is 0.412. The fourth-order valence-corrected chi connectivity index (χ4v) is 1.85. The highest BCUT2D eigenvalue weighted by Gasteiger charge is 2.20. The van der Waals surface area contributed by atoms with Crippen LogP contribution in [0.25, 0.3) is 0 Å². The molecule has 0 aliphatic heterocycles. The number of carbonyl (C=O) groups is 4. The molecule has 0 aromatic heterocycles. The highest BCUT2D eigenvalue weighted by molar-refractivity contribution is 5.97. The van der Waals surface area contributed by atoms with Gasteiger partial charge >= 0.3 is 12.0 Å². The molecule has 0 bridgehead atoms. The van der Waals surface area contributed by atoms with Crippen LogP contribution in [0.5, 0.6) is 11.5 Å². The van der Waals surface area contributed by atoms with E-state index in [4.69, 9.17) is 14.2 Å². The molecule has 0 saturated heterocycles. The first-order chi connectivity index (χ1) is 12.3. The average Bonchev–Trinajstić information content (AvgIpc) is 2.59. The Morgan fingerprint density at radius 3 is 2.42 bits per heavy atom. The van der Waals surface area contributed by atoms with E-state index in [9.17, 15) is 19.2 Å². The highest BCUT2D eigenvalue weighted by Crippen LogP contribution is 2.28. The van der Waals surface area contributed by atoms with E-state index in [0.717, 1.165) is 0 Å². The van der Waals surface area contributed by atoms with E-state index in [1.807, 2.05) is 5.32 Å². The van der Waals surface area contributed by atoms with Crippen LogP contribution in [0.1, 0.15) is 31.1 Å². The number of rotatable bonds is 8. The van der Waals surface area contributed by atoms with Gasteiger partial charge in [0.15, 0.2) is 30.0 Å². The van der Waals surface area contributed by atoms with Gasteiger partial charge in [-0.1, -0.05) is 0 Å². The van der Waals surface area contributed by atoms with Crippen molar-refractivity contribution in [2.75, 3.05) is 20.3 Å². The van der Waals surface area contributed by atoms with Crippen LogP contribution in [-0.4, -0.2) is 50.1 Å². The monoisotopic (exact) mass is 366 g/mol. The van der Waals surface area contributed by atoms with Gasteiger partial charge in [0.25, 0.3) is 5.91 Å². The number of hydrogen-bond donors (Lipinski definition) is 2. The fourth-order valence-electron chi connectivity index (χ4n) is 1.85. The summed E-state index contributed by atoms with van der Waals surface area (Å²) in [6, 6.07) is 3.85. The number of carbonyl (C=O) groups excluding carboxylic acids is 4. The maximum atomic E-state index is 11.8. The molecule has 0 spiro atoms. The van der Waals surface area contributed by atoms with Crippen molar-refractivity contribution in [3.63, 3.8) is 0 Å². The SMILES string of the molecule is CCNC(=O)NC(=O)[C@H](C)OC(=O)COc1ccc(C(C)=O)cc1OC. The maximum Gasteiger partial charge on any atom is 0.344 e. The van der Waals surface area contributed by atoms with Crippen LogP contribution in [0, 0.1) is 0 Å². The molecule has 3 amide bonds. The minimum absolute atomic E-state index is 0.138. The molecule has 1 aromatic carbocycles. The zero-order valence-electron chi connectivity index (χ0n) is 15.1. The zero-order valence-corrected chi connectivity index (χ0v) is 15.1. The number of nitrogens with one attached hydrogen (secondary N) is 2. The van der Waals surface area contributed by atoms with E-state index in [2.05, 4.69) is 5.32 Å². The number of ketones is 1. The molecule has 142 valence electrons. The van der Waals surface area contributed by atoms with E-state index in [1.165, 1.54) is 39.2 Å². The van der Waals surface area contributed by atoms with Crippen molar-refractivity contribution < 1.29 is 33.4 Å². The number of methoxy groups -OCH3 is 1. The van der Waals surface area contributed by atoms with Crippen LogP contribution in [0.4, 0.5) is 4.79 Å². The Bertz CT molecular complexity index is 688. The van der Waals surface area contributed by atoms with Crippen LogP contribution >= 0.6 is 0 Å². The number of amides is 3. The summed E-state index contributed by atoms with van der Waals surface area (Å²) in [7, 11) is 1.40. The summed E-state index contributed by atoms with van der Waals surface area (Å²) in [6.45, 7) is 4.32. The number of Topliss-reactive ketones (excluding diaryl/α,β-unsaturated/α-hetero) is 1. The number of esters is 1. The molecule has 0 saturated carbocycles. The lowest BCUT2D eigenvalue weighted by Crippen LogP contribution is -2.44. The van der Waals surface area contributed by atoms with Gasteiger partial charge in [0.2, 0.25) is 0 Å². The van der Waals surface area contributed by atoms with Crippen LogP contribution in [-0.2, 0) is 14.3 Å². The lowest BCUT2D eigenvalue weighted by atomic mass is 10.1. The molecule has 0 heterocycles. The van der Waals surface area contributed by atoms with E-state index < -0.39 is 30.6 Å². The van der Waals surface area contributed by atoms with Crippen molar-refractivity contribution in [3.05, 3.63) is 23.8 Å². The smallest absolute Gasteiger partial charge is 0.344 e. The molecule has 9 nitrogen and oxygen atoms in total. The molecule has 26 heavy (non-hydrogen) atoms. The molecule has 0 aliphatic rings. The second kappa shape index (κ2) is 10.0. The number of ether oxygens (including phenoxy) is 3. The van der Waals surface area contributed by atoms with E-state index in [0.29, 0.717) is 12.1 Å². The Balaban J connectivity index is 2.57. The third kappa shape index (κ3) is 6.42. The van der Waals surface area contributed by atoms with Gasteiger partial charge in [0.1, 0.15) is 0 Å². The second-order valence-corrected chi connectivity index (χ2v) is 5.19. The summed E-state index contributed by atoms with van der Waals surface area (Å²) in [6.07, 6.45) is -1.17. The molecular formula is C17H22N2O7. The first-order valence-corrected chi connectivity index (χ1v) is 7.88. The minimum Gasteiger partial charge on any atom is -0.493 e. The Morgan fingerprint density at radius 1 is 1.15 bits per heavy atom. The molecular weight excluding hydrogens is 344 g/mol. The van der Waals surface area contributed by atoms with Gasteiger partial charge in [-0.05, 0) is 39.0 Å². The molecule has 0 fully saturated rings. The van der Waals surface area contributed by atoms with Crippen molar-refractivity contribution in [1.82, 2.24) is 10.6 Å². The van der Waals surface area contributed by atoms with Gasteiger partial charge in [-0.15, -0.1) is 0 Å². The second-order valence-electron chi connectivity index (χ2n) is 5.19. The molecule has 0 radical (unpaired) electrons. The number of hydrogen-bond acceptors (Lipinski definition) is 7. The average molecular weight is 366 g/mol. The summed E-state index contributed by atoms with van der Waals surface area (Å²) in [5.41, 5.74) is 0.437. The molecule has 0 aliphatic carbocycles. The maximum absolute atomic E-state index is 11.8. The Morgan fingerprint density at radius 2 is 1.85 bits per heavy atom. The predicted molar refractivity (Wildman–Crippen MR) is 91.3 cm³/mol. The largest absolute Gasteiger partial charge is 0.493 e. The summed E-state index contributed by atoms with van der Waals surface area (Å²) < 4.78 is 15.3. The standard InChI is InChI=1S/C17H22N2O7/c1-5-18-17(23)19-16(22)11(3)26-15(21)9-25-13-7-6-12(10(2)20)8-14(13)24-4/h6-8,11H,5,9H2,1-4H3,(H2,18,19,22,23)/t11-/m0/s1. The van der Waals surface area contributed by atoms with Gasteiger partial charge < -0.3 is 19.5 Å². The van der Waals surface area contributed by atoms with Crippen molar-refractivity contribution in [1.29, 1.82) is 0 Å². The zero-order chi connectivity index (χ0) is 19.7. The molecule has 1 aromatic rings. The van der Waals surface area contributed by atoms with E-state index in [1.54, 1.807) is 6.92 Å². The van der Waals surface area contributed by atoms with Crippen LogP contribution in [0.2, 0.25) is 0 Å². The quantitative estimate of drug-likeness (QED) is 0.521. The van der Waals surface area contributed by atoms with Crippen molar-refractivity contribution >= 4 is 23.7 Å². The Hall–Kier alpha value is -3.10. The first kappa shape index (κ1) is 20.9. The lowest BCUT2D eigenvalue weighted by molar-refractivity contribution is -0.156. The molecule has 0 unspecified atom stereocenters. The topological polar surface area (TPSA) is 120 Å². The Kier molecular flexibility index (Phi) is 8.07. The van der Waals surface area contributed by atoms with Crippen LogP contribution in [0.3, 0.4) is 0 Å². The number of imide groups is 1. The third-order valence-corrected chi connectivity index (χ3v) is 3.17. The van der Waals surface area contributed by atoms with Gasteiger partial charge in [-0.2, -0.15) is 0 Å². The molecule has 1 atom stereocenters. The normalized spacial score (nSPS) is 11.1. The van der Waals surface area contributed by atoms with Gasteiger partial charge in [0.05, 0.1) is 7.11 Å². The van der Waals surface area contributed by atoms with Crippen molar-refractivity contribution in [2.45, 2.75) is 26.9 Å². The van der Waals surface area contributed by atoms with Crippen LogP contribution < -0.4 is 20.1 Å². The van der Waals surface area contributed by atoms with Gasteiger partial charge in [0, 0.05) is 12.1 Å². The molecule has 1 rings (SSSR count). The number of benzene rings is 1. The Labute approximate surface area is 151 Å². The number of urea groups is 1. The summed E-state index contributed by atoms with van der Waals surface area (Å²) in [5.74, 6) is -1.17. The predicted octanol–water partition coefficient (Wildman–Crippen LogP) is 1.05. The lowest BCUT2D eigenvalue weighted by Gasteiger charge is -2.14. The van der Waals surface area contributed by atoms with E-state index in [-0.39, 0.29) is 17.3 Å². The van der Waals surface area contributed by atoms with Crippen molar-refractivity contribution in [3.8, 4) is 11.5 Å². The van der Waals surface area contributed by atoms with Crippen molar-refractivity contribution in [2.24, 2.45) is 0 Å². The molecule has 9 heteroatoms. The summed E-state index contributed by atoms with van der Waals surface area (Å²) >= 11 is 0. The van der Waals surface area contributed by atoms with Gasteiger partial charge in [-0.3, -0.25) is 14.9 Å². The van der Waals surface area contributed by atoms with Gasteiger partial charge in [-0.25, -0.2) is 9.59 Å². The summed E-state index contributed by atoms with van der Waals surface area (Å²) in [5, 5.41) is 4.42. The third-order valence-electron chi connectivity index (χ3n) is 3.17.